The summed E-state index contributed by atoms with van der Waals surface area (Å²) in [5, 5.41) is 6.92. The lowest BCUT2D eigenvalue weighted by atomic mass is 10.2. The zero-order chi connectivity index (χ0) is 12.8. The van der Waals surface area contributed by atoms with Gasteiger partial charge in [-0.2, -0.15) is 0 Å². The van der Waals surface area contributed by atoms with Gasteiger partial charge in [0.2, 0.25) is 5.91 Å². The predicted molar refractivity (Wildman–Crippen MR) is 73.0 cm³/mol. The average molecular weight is 275 g/mol. The molecule has 0 saturated heterocycles. The summed E-state index contributed by atoms with van der Waals surface area (Å²) in [6.45, 7) is 5.36. The molecule has 2 N–H and O–H groups in total. The first-order valence-electron chi connectivity index (χ1n) is 5.50. The van der Waals surface area contributed by atoms with Gasteiger partial charge in [-0.15, -0.1) is 0 Å². The van der Waals surface area contributed by atoms with Crippen LogP contribution in [0.15, 0.2) is 12.1 Å². The summed E-state index contributed by atoms with van der Waals surface area (Å²) in [5.41, 5.74) is 1.45. The van der Waals surface area contributed by atoms with Crippen LogP contribution in [0.2, 0.25) is 10.0 Å². The monoisotopic (exact) mass is 274 g/mol. The van der Waals surface area contributed by atoms with E-state index in [-0.39, 0.29) is 5.91 Å². The van der Waals surface area contributed by atoms with E-state index in [1.54, 1.807) is 12.1 Å². The molecule has 0 radical (unpaired) electrons. The van der Waals surface area contributed by atoms with Gasteiger partial charge in [0.1, 0.15) is 0 Å². The molecule has 0 aliphatic rings. The summed E-state index contributed by atoms with van der Waals surface area (Å²) in [5.74, 6) is -0.0761. The van der Waals surface area contributed by atoms with E-state index >= 15 is 0 Å². The summed E-state index contributed by atoms with van der Waals surface area (Å²) in [7, 11) is 0. The van der Waals surface area contributed by atoms with Gasteiger partial charge in [0.05, 0.1) is 10.7 Å². The summed E-state index contributed by atoms with van der Waals surface area (Å²) < 4.78 is 0. The molecule has 1 aromatic rings. The van der Waals surface area contributed by atoms with Crippen LogP contribution in [0, 0.1) is 6.92 Å². The molecule has 0 saturated carbocycles. The van der Waals surface area contributed by atoms with Gasteiger partial charge in [-0.1, -0.05) is 30.1 Å². The molecule has 94 valence electrons. The lowest BCUT2D eigenvalue weighted by Crippen LogP contribution is -2.21. The molecule has 1 rings (SSSR count). The minimum Gasteiger partial charge on any atom is -0.325 e. The van der Waals surface area contributed by atoms with Gasteiger partial charge < -0.3 is 10.6 Å². The normalized spacial score (nSPS) is 10.4. The van der Waals surface area contributed by atoms with E-state index in [0.29, 0.717) is 28.7 Å². The van der Waals surface area contributed by atoms with Crippen LogP contribution >= 0.6 is 23.2 Å². The van der Waals surface area contributed by atoms with Gasteiger partial charge in [-0.25, -0.2) is 0 Å². The van der Waals surface area contributed by atoms with Crippen LogP contribution in [0.3, 0.4) is 0 Å². The van der Waals surface area contributed by atoms with Crippen molar-refractivity contribution in [3.63, 3.8) is 0 Å². The Bertz CT molecular complexity index is 408. The second-order valence-electron chi connectivity index (χ2n) is 3.73. The molecule has 1 amide bonds. The molecule has 0 bridgehead atoms. The fraction of sp³-hybridized carbons (Fsp3) is 0.417. The minimum atomic E-state index is -0.0761. The highest BCUT2D eigenvalue weighted by molar-refractivity contribution is 6.36. The van der Waals surface area contributed by atoms with Gasteiger partial charge in [0, 0.05) is 18.0 Å². The largest absolute Gasteiger partial charge is 0.325 e. The summed E-state index contributed by atoms with van der Waals surface area (Å²) >= 11 is 12.0. The summed E-state index contributed by atoms with van der Waals surface area (Å²) in [6.07, 6.45) is 0.412. The molecule has 0 aromatic heterocycles. The van der Waals surface area contributed by atoms with E-state index in [1.807, 2.05) is 13.8 Å². The number of nitrogens with one attached hydrogen (secondary N) is 2. The summed E-state index contributed by atoms with van der Waals surface area (Å²) in [4.78, 5) is 11.6. The van der Waals surface area contributed by atoms with Gasteiger partial charge in [0.15, 0.2) is 0 Å². The number of amides is 1. The average Bonchev–Trinajstić information content (AvgIpc) is 2.26. The zero-order valence-electron chi connectivity index (χ0n) is 9.94. The Hall–Kier alpha value is -0.770. The molecule has 17 heavy (non-hydrogen) atoms. The van der Waals surface area contributed by atoms with Crippen molar-refractivity contribution < 1.29 is 4.79 Å². The third kappa shape index (κ3) is 4.54. The van der Waals surface area contributed by atoms with Crippen molar-refractivity contribution in [3.8, 4) is 0 Å². The van der Waals surface area contributed by atoms with Crippen molar-refractivity contribution in [1.82, 2.24) is 5.32 Å². The second-order valence-corrected chi connectivity index (χ2v) is 4.55. The quantitative estimate of drug-likeness (QED) is 0.810. The van der Waals surface area contributed by atoms with E-state index in [1.165, 1.54) is 0 Å². The highest BCUT2D eigenvalue weighted by Gasteiger charge is 2.08. The Morgan fingerprint density at radius 1 is 1.29 bits per heavy atom. The number of aryl methyl sites for hydroxylation is 1. The number of hydrogen-bond acceptors (Lipinski definition) is 2. The Morgan fingerprint density at radius 2 is 2.00 bits per heavy atom. The first-order chi connectivity index (χ1) is 8.04. The van der Waals surface area contributed by atoms with Crippen LogP contribution in [0.5, 0.6) is 0 Å². The van der Waals surface area contributed by atoms with Crippen LogP contribution in [0.25, 0.3) is 0 Å². The smallest absolute Gasteiger partial charge is 0.225 e. The second kappa shape index (κ2) is 6.84. The molecule has 0 fully saturated rings. The van der Waals surface area contributed by atoms with E-state index in [4.69, 9.17) is 23.2 Å². The Kier molecular flexibility index (Phi) is 5.75. The topological polar surface area (TPSA) is 41.1 Å². The van der Waals surface area contributed by atoms with E-state index in [2.05, 4.69) is 10.6 Å². The molecular weight excluding hydrogens is 259 g/mol. The van der Waals surface area contributed by atoms with Crippen LogP contribution in [0.4, 0.5) is 5.69 Å². The van der Waals surface area contributed by atoms with E-state index in [9.17, 15) is 4.79 Å². The fourth-order valence-corrected chi connectivity index (χ4v) is 1.76. The van der Waals surface area contributed by atoms with Crippen LogP contribution in [-0.2, 0) is 4.79 Å². The Balaban J connectivity index is 2.62. The molecule has 0 unspecified atom stereocenters. The molecule has 1 aromatic carbocycles. The van der Waals surface area contributed by atoms with Crippen molar-refractivity contribution in [1.29, 1.82) is 0 Å². The standard InChI is InChI=1S/C12H16Cl2N2O/c1-3-15-5-4-12(17)16-11-7-9(13)8(2)6-10(11)14/h6-7,15H,3-5H2,1-2H3,(H,16,17). The first kappa shape index (κ1) is 14.3. The van der Waals surface area contributed by atoms with Gasteiger partial charge >= 0.3 is 0 Å². The van der Waals surface area contributed by atoms with Gasteiger partial charge in [-0.05, 0) is 31.2 Å². The molecular formula is C12H16Cl2N2O. The van der Waals surface area contributed by atoms with Crippen LogP contribution in [-0.4, -0.2) is 19.0 Å². The van der Waals surface area contributed by atoms with Crippen molar-refractivity contribution in [2.75, 3.05) is 18.4 Å². The molecule has 0 aliphatic heterocycles. The van der Waals surface area contributed by atoms with Crippen molar-refractivity contribution >= 4 is 34.8 Å². The molecule has 0 atom stereocenters. The zero-order valence-corrected chi connectivity index (χ0v) is 11.5. The van der Waals surface area contributed by atoms with Gasteiger partial charge in [-0.3, -0.25) is 4.79 Å². The molecule has 0 heterocycles. The Morgan fingerprint density at radius 3 is 2.65 bits per heavy atom. The molecule has 5 heteroatoms. The van der Waals surface area contributed by atoms with E-state index < -0.39 is 0 Å². The number of benzene rings is 1. The highest BCUT2D eigenvalue weighted by Crippen LogP contribution is 2.28. The number of hydrogen-bond donors (Lipinski definition) is 2. The first-order valence-corrected chi connectivity index (χ1v) is 6.26. The predicted octanol–water partition coefficient (Wildman–Crippen LogP) is 3.24. The highest BCUT2D eigenvalue weighted by atomic mass is 35.5. The molecule has 0 aliphatic carbocycles. The van der Waals surface area contributed by atoms with E-state index in [0.717, 1.165) is 12.1 Å². The van der Waals surface area contributed by atoms with Gasteiger partial charge in [0.25, 0.3) is 0 Å². The van der Waals surface area contributed by atoms with Crippen molar-refractivity contribution in [2.45, 2.75) is 20.3 Å². The number of halogens is 2. The maximum Gasteiger partial charge on any atom is 0.225 e. The molecule has 0 spiro atoms. The minimum absolute atomic E-state index is 0.0761. The SMILES string of the molecule is CCNCCC(=O)Nc1cc(Cl)c(C)cc1Cl. The van der Waals surface area contributed by atoms with Crippen LogP contribution in [0.1, 0.15) is 18.9 Å². The maximum atomic E-state index is 11.6. The van der Waals surface area contributed by atoms with Crippen molar-refractivity contribution in [3.05, 3.63) is 27.7 Å². The fourth-order valence-electron chi connectivity index (χ4n) is 1.33. The number of rotatable bonds is 5. The number of carbonyl (C=O) groups is 1. The lowest BCUT2D eigenvalue weighted by Gasteiger charge is -2.09. The molecule has 3 nitrogen and oxygen atoms in total. The Labute approximate surface area is 111 Å². The number of anilines is 1. The lowest BCUT2D eigenvalue weighted by molar-refractivity contribution is -0.116. The van der Waals surface area contributed by atoms with Crippen molar-refractivity contribution in [2.24, 2.45) is 0 Å². The third-order valence-electron chi connectivity index (χ3n) is 2.30. The summed E-state index contributed by atoms with van der Waals surface area (Å²) in [6, 6.07) is 3.41. The number of carbonyl (C=O) groups excluding carboxylic acids is 1. The maximum absolute atomic E-state index is 11.6. The van der Waals surface area contributed by atoms with Crippen LogP contribution < -0.4 is 10.6 Å². The third-order valence-corrected chi connectivity index (χ3v) is 3.02.